The molecule has 282 valence electrons. The van der Waals surface area contributed by atoms with E-state index in [2.05, 4.69) is 48.4 Å². The Morgan fingerprint density at radius 1 is 0.702 bits per heavy atom. The number of rotatable bonds is 7. The smallest absolute Gasteiger partial charge is 0.319 e. The average Bonchev–Trinajstić information content (AvgIpc) is 3.92. The normalized spacial score (nSPS) is 16.2. The molecule has 4 N–H and O–H groups in total. The molecule has 6 heterocycles. The first kappa shape index (κ1) is 38.0. The first-order valence-corrected chi connectivity index (χ1v) is 19.0. The number of nitrogens with one attached hydrogen (secondary N) is 4. The first-order chi connectivity index (χ1) is 27.6. The van der Waals surface area contributed by atoms with Gasteiger partial charge in [-0.05, 0) is 50.2 Å². The van der Waals surface area contributed by atoms with E-state index in [1.807, 2.05) is 54.1 Å². The second-order valence-electron chi connectivity index (χ2n) is 12.6. The first-order valence-electron chi connectivity index (χ1n) is 17.3. The van der Waals surface area contributed by atoms with Gasteiger partial charge in [-0.25, -0.2) is 29.5 Å². The largest absolute Gasteiger partial charge is 0.481 e. The maximum absolute atomic E-state index is 14.3. The fourth-order valence-electron chi connectivity index (χ4n) is 6.22. The van der Waals surface area contributed by atoms with E-state index in [0.29, 0.717) is 39.0 Å². The van der Waals surface area contributed by atoms with Crippen molar-refractivity contribution < 1.29 is 18.7 Å². The van der Waals surface area contributed by atoms with Crippen molar-refractivity contribution in [1.82, 2.24) is 41.2 Å². The Morgan fingerprint density at radius 3 is 1.74 bits per heavy atom. The lowest BCUT2D eigenvalue weighted by Gasteiger charge is -2.28. The number of pyridine rings is 2. The second-order valence-corrected chi connectivity index (χ2v) is 14.3. The zero-order chi connectivity index (χ0) is 40.1. The van der Waals surface area contributed by atoms with E-state index in [-0.39, 0.29) is 11.6 Å². The van der Waals surface area contributed by atoms with Gasteiger partial charge in [-0.15, -0.1) is 22.7 Å². The van der Waals surface area contributed by atoms with Gasteiger partial charge in [-0.2, -0.15) is 14.9 Å². The lowest BCUT2D eigenvalue weighted by Crippen LogP contribution is -2.43. The summed E-state index contributed by atoms with van der Waals surface area (Å²) in [5.41, 5.74) is 8.36. The summed E-state index contributed by atoms with van der Waals surface area (Å²) in [5, 5.41) is 34.5. The molecule has 13 nitrogen and oxygen atoms in total. The number of thiazole rings is 2. The number of amides is 4. The second kappa shape index (κ2) is 16.6. The van der Waals surface area contributed by atoms with Gasteiger partial charge in [-0.1, -0.05) is 36.4 Å². The van der Waals surface area contributed by atoms with Crippen LogP contribution >= 0.6 is 22.7 Å². The number of ether oxygens (including phenoxy) is 1. The van der Waals surface area contributed by atoms with E-state index in [1.165, 1.54) is 28.9 Å². The predicted octanol–water partition coefficient (Wildman–Crippen LogP) is 7.87. The van der Waals surface area contributed by atoms with Gasteiger partial charge in [0.05, 0.1) is 53.5 Å². The van der Waals surface area contributed by atoms with E-state index >= 15 is 0 Å². The molecule has 8 rings (SSSR count). The summed E-state index contributed by atoms with van der Waals surface area (Å²) in [6.07, 6.45) is 1.37. The van der Waals surface area contributed by atoms with Crippen molar-refractivity contribution in [3.8, 4) is 40.5 Å². The van der Waals surface area contributed by atoms with Crippen molar-refractivity contribution in [3.05, 3.63) is 146 Å². The number of urea groups is 2. The van der Waals surface area contributed by atoms with Gasteiger partial charge in [0.25, 0.3) is 0 Å². The number of nitriles is 2. The quantitative estimate of drug-likeness (QED) is 0.117. The van der Waals surface area contributed by atoms with Crippen molar-refractivity contribution in [2.24, 2.45) is 0 Å². The van der Waals surface area contributed by atoms with Crippen LogP contribution in [0.3, 0.4) is 0 Å². The number of aromatic nitrogens is 4. The Hall–Kier alpha value is -7.27. The number of allylic oxidation sites excluding steroid dienone is 2. The minimum absolute atomic E-state index is 0.279. The number of carbonyl (C=O) groups is 2. The molecule has 2 atom stereocenters. The van der Waals surface area contributed by atoms with E-state index in [9.17, 15) is 14.0 Å². The summed E-state index contributed by atoms with van der Waals surface area (Å²) < 4.78 is 19.5. The third-order valence-corrected chi connectivity index (χ3v) is 10.7. The Bertz CT molecular complexity index is 2640. The number of carbonyl (C=O) groups excluding carboxylic acids is 2. The van der Waals surface area contributed by atoms with Crippen LogP contribution in [-0.4, -0.2) is 39.1 Å². The van der Waals surface area contributed by atoms with Crippen LogP contribution in [0.1, 0.15) is 58.3 Å². The molecule has 2 aliphatic heterocycles. The molecule has 6 aromatic rings. The molecule has 0 bridgehead atoms. The summed E-state index contributed by atoms with van der Waals surface area (Å²) in [5.74, 6) is -0.159. The van der Waals surface area contributed by atoms with Crippen molar-refractivity contribution in [1.29, 1.82) is 10.5 Å². The molecule has 0 saturated heterocycles. The van der Waals surface area contributed by atoms with E-state index in [4.69, 9.17) is 20.2 Å². The molecular formula is C41H31FN10O3S2. The lowest BCUT2D eigenvalue weighted by molar-refractivity contribution is 0.239. The zero-order valence-electron chi connectivity index (χ0n) is 30.5. The van der Waals surface area contributed by atoms with Gasteiger partial charge < -0.3 is 26.0 Å². The van der Waals surface area contributed by atoms with Gasteiger partial charge in [-0.3, -0.25) is 0 Å². The van der Waals surface area contributed by atoms with Gasteiger partial charge in [0, 0.05) is 62.3 Å². The molecule has 0 fully saturated rings. The van der Waals surface area contributed by atoms with Gasteiger partial charge >= 0.3 is 12.1 Å². The van der Waals surface area contributed by atoms with Crippen LogP contribution in [0.25, 0.3) is 33.7 Å². The molecule has 2 aliphatic rings. The molecule has 0 saturated carbocycles. The van der Waals surface area contributed by atoms with Crippen LogP contribution in [0.5, 0.6) is 5.88 Å². The highest BCUT2D eigenvalue weighted by atomic mass is 32.1. The number of hydrogen-bond donors (Lipinski definition) is 4. The molecule has 0 radical (unpaired) electrons. The predicted molar refractivity (Wildman–Crippen MR) is 214 cm³/mol. The summed E-state index contributed by atoms with van der Waals surface area (Å²) in [4.78, 5) is 41.8. The summed E-state index contributed by atoms with van der Waals surface area (Å²) in [6, 6.07) is 25.5. The van der Waals surface area contributed by atoms with Crippen LogP contribution in [0.4, 0.5) is 14.0 Å². The topological polar surface area (TPSA) is 191 Å². The van der Waals surface area contributed by atoms with Crippen molar-refractivity contribution >= 4 is 45.9 Å². The van der Waals surface area contributed by atoms with Crippen molar-refractivity contribution in [3.63, 3.8) is 0 Å². The molecule has 57 heavy (non-hydrogen) atoms. The van der Waals surface area contributed by atoms with Crippen LogP contribution in [0, 0.1) is 28.6 Å². The van der Waals surface area contributed by atoms with E-state index < -0.39 is 24.1 Å². The van der Waals surface area contributed by atoms with Gasteiger partial charge in [0.15, 0.2) is 0 Å². The third-order valence-electron chi connectivity index (χ3n) is 8.98. The molecular weight excluding hydrogens is 764 g/mol. The highest BCUT2D eigenvalue weighted by molar-refractivity contribution is 7.11. The Balaban J connectivity index is 0.000000174. The molecule has 2 aromatic carbocycles. The highest BCUT2D eigenvalue weighted by Crippen LogP contribution is 2.39. The fourth-order valence-corrected chi connectivity index (χ4v) is 8.14. The fraction of sp³-hybridized carbons (Fsp3) is 0.122. The highest BCUT2D eigenvalue weighted by Gasteiger charge is 2.32. The number of halogens is 1. The molecule has 0 aliphatic carbocycles. The van der Waals surface area contributed by atoms with Crippen LogP contribution in [-0.2, 0) is 0 Å². The molecule has 4 amide bonds. The summed E-state index contributed by atoms with van der Waals surface area (Å²) >= 11 is 2.89. The Morgan fingerprint density at radius 2 is 1.23 bits per heavy atom. The molecule has 2 unspecified atom stereocenters. The molecule has 0 spiro atoms. The van der Waals surface area contributed by atoms with E-state index in [1.54, 1.807) is 56.5 Å². The average molecular weight is 795 g/mol. The summed E-state index contributed by atoms with van der Waals surface area (Å²) in [6.45, 7) is 3.61. The van der Waals surface area contributed by atoms with Gasteiger partial charge in [0.2, 0.25) is 11.8 Å². The number of nitrogens with zero attached hydrogens (tertiary/aromatic N) is 6. The monoisotopic (exact) mass is 794 g/mol. The number of methoxy groups -OCH3 is 1. The number of hydrogen-bond acceptors (Lipinski definition) is 11. The molecule has 4 aromatic heterocycles. The minimum atomic E-state index is -0.692. The van der Waals surface area contributed by atoms with Crippen LogP contribution in [0.15, 0.2) is 107 Å². The van der Waals surface area contributed by atoms with E-state index in [0.717, 1.165) is 38.8 Å². The maximum atomic E-state index is 14.3. The number of benzene rings is 2. The summed E-state index contributed by atoms with van der Waals surface area (Å²) in [7, 11) is 1.56. The Kier molecular flexibility index (Phi) is 11.1. The van der Waals surface area contributed by atoms with Crippen molar-refractivity contribution in [2.45, 2.75) is 25.9 Å². The minimum Gasteiger partial charge on any atom is -0.481 e. The third kappa shape index (κ3) is 8.23. The lowest BCUT2D eigenvalue weighted by atomic mass is 9.97. The van der Waals surface area contributed by atoms with Crippen molar-refractivity contribution in [2.75, 3.05) is 7.11 Å². The van der Waals surface area contributed by atoms with Gasteiger partial charge in [0.1, 0.15) is 16.1 Å². The Labute approximate surface area is 334 Å². The van der Waals surface area contributed by atoms with Crippen LogP contribution < -0.4 is 26.0 Å². The zero-order valence-corrected chi connectivity index (χ0v) is 32.1. The van der Waals surface area contributed by atoms with Crippen LogP contribution in [0.2, 0.25) is 0 Å². The standard InChI is InChI=1S/C21H17N5O2S.C20H14FN5OS/c1-12-18(19(26-21(27)23-12)15-4-3-5-17(24-15)28-2)20-25-16(11-29-20)14-8-6-13(10-22)7-9-14;1-11-16(17(26-20(27)24-11)14-3-2-8-23-18(14)21)19-25-15(10-28-19)13-6-4-12(9-22)5-7-13/h3-9,11,19H,1-2H3,(H2,23,26,27);2-8,10,17H,1H3,(H2,24,26,27). The SMILES string of the molecule is CC1=C(c2nc(-c3ccc(C#N)cc3)cs2)C(c2cccnc2F)NC(=O)N1.COc1cccc(C2NC(=O)NC(C)=C2c2nc(-c3ccc(C#N)cc3)cs2)n1. The molecule has 16 heteroatoms. The maximum Gasteiger partial charge on any atom is 0.319 e.